The molecule has 2 N–H and O–H groups in total. The Balaban J connectivity index is 1.26. The van der Waals surface area contributed by atoms with Crippen LogP contribution in [0.25, 0.3) is 0 Å². The number of aromatic nitrogens is 3. The predicted octanol–water partition coefficient (Wildman–Crippen LogP) is 5.63. The number of rotatable bonds is 9. The maximum Gasteiger partial charge on any atom is 0.264 e. The van der Waals surface area contributed by atoms with E-state index in [-0.39, 0.29) is 16.8 Å². The fraction of sp³-hybridized carbons (Fsp3) is 0.258. The number of carbonyl (C=O) groups is 1. The molecule has 1 aliphatic rings. The summed E-state index contributed by atoms with van der Waals surface area (Å²) in [5.41, 5.74) is 4.93. The maximum absolute atomic E-state index is 13.2. The summed E-state index contributed by atoms with van der Waals surface area (Å²) < 4.78 is 27.8. The Bertz CT molecular complexity index is 1740. The van der Waals surface area contributed by atoms with Crippen LogP contribution in [0.2, 0.25) is 0 Å². The topological polar surface area (TPSA) is 138 Å². The summed E-state index contributed by atoms with van der Waals surface area (Å²) in [4.78, 5) is 26.1. The third-order valence-corrected chi connectivity index (χ3v) is 9.82. The molecule has 11 heteroatoms. The molecule has 0 spiro atoms. The van der Waals surface area contributed by atoms with Crippen LogP contribution in [-0.2, 0) is 27.7 Å². The predicted molar refractivity (Wildman–Crippen MR) is 163 cm³/mol. The molecule has 0 bridgehead atoms. The Morgan fingerprint density at radius 2 is 1.88 bits per heavy atom. The third kappa shape index (κ3) is 6.78. The first-order chi connectivity index (χ1) is 20.3. The molecule has 2 heterocycles. The Kier molecular flexibility index (Phi) is 8.85. The van der Waals surface area contributed by atoms with Crippen molar-refractivity contribution in [2.45, 2.75) is 60.6 Å². The summed E-state index contributed by atoms with van der Waals surface area (Å²) in [6.07, 6.45) is 4.63. The van der Waals surface area contributed by atoms with Gasteiger partial charge in [-0.25, -0.2) is 28.1 Å². The number of nitriles is 1. The quantitative estimate of drug-likeness (QED) is 0.236. The van der Waals surface area contributed by atoms with E-state index in [9.17, 15) is 18.5 Å². The van der Waals surface area contributed by atoms with Gasteiger partial charge in [-0.2, -0.15) is 5.26 Å². The van der Waals surface area contributed by atoms with Crippen molar-refractivity contribution in [1.29, 1.82) is 5.26 Å². The maximum atomic E-state index is 13.2. The van der Waals surface area contributed by atoms with E-state index in [2.05, 4.69) is 50.3 Å². The number of pyridine rings is 1. The van der Waals surface area contributed by atoms with Crippen LogP contribution in [0.5, 0.6) is 0 Å². The molecule has 9 nitrogen and oxygen atoms in total. The molecular formula is C31H30N6O3S2. The minimum absolute atomic E-state index is 0.0125. The summed E-state index contributed by atoms with van der Waals surface area (Å²) in [5, 5.41) is 12.8. The monoisotopic (exact) mass is 598 g/mol. The lowest BCUT2D eigenvalue weighted by molar-refractivity contribution is -0.115. The summed E-state index contributed by atoms with van der Waals surface area (Å²) in [6, 6.07) is 22.1. The van der Waals surface area contributed by atoms with Crippen molar-refractivity contribution >= 4 is 39.3 Å². The van der Waals surface area contributed by atoms with E-state index >= 15 is 0 Å². The zero-order valence-corrected chi connectivity index (χ0v) is 24.9. The average Bonchev–Trinajstić information content (AvgIpc) is 2.99. The number of thioether (sulfide) groups is 1. The van der Waals surface area contributed by atoms with Gasteiger partial charge < -0.3 is 5.32 Å². The lowest BCUT2D eigenvalue weighted by Gasteiger charge is -2.25. The van der Waals surface area contributed by atoms with Crippen LogP contribution in [0.15, 0.2) is 82.8 Å². The molecule has 2 unspecified atom stereocenters. The number of hydrogen-bond donors (Lipinski definition) is 2. The van der Waals surface area contributed by atoms with Gasteiger partial charge in [0.15, 0.2) is 0 Å². The first-order valence-corrected chi connectivity index (χ1v) is 16.0. The van der Waals surface area contributed by atoms with Crippen molar-refractivity contribution in [3.8, 4) is 6.07 Å². The molecule has 214 valence electrons. The molecule has 0 aliphatic heterocycles. The van der Waals surface area contributed by atoms with Crippen LogP contribution in [0.4, 0.5) is 11.6 Å². The van der Waals surface area contributed by atoms with Crippen LogP contribution in [0.3, 0.4) is 0 Å². The third-order valence-electron chi connectivity index (χ3n) is 7.11. The van der Waals surface area contributed by atoms with Gasteiger partial charge in [0, 0.05) is 23.3 Å². The number of nitrogens with zero attached hydrogens (tertiary/aromatic N) is 4. The molecule has 2 atom stereocenters. The summed E-state index contributed by atoms with van der Waals surface area (Å²) >= 11 is 1.28. The Hall–Kier alpha value is -4.27. The van der Waals surface area contributed by atoms with Gasteiger partial charge in [0.1, 0.15) is 11.1 Å². The van der Waals surface area contributed by atoms with Gasteiger partial charge in [-0.05, 0) is 86.1 Å². The average molecular weight is 599 g/mol. The summed E-state index contributed by atoms with van der Waals surface area (Å²) in [7, 11) is -3.90. The first kappa shape index (κ1) is 29.2. The smallest absolute Gasteiger partial charge is 0.264 e. The van der Waals surface area contributed by atoms with E-state index in [1.807, 2.05) is 19.1 Å². The van der Waals surface area contributed by atoms with Crippen molar-refractivity contribution in [3.05, 3.63) is 101 Å². The molecule has 0 fully saturated rings. The van der Waals surface area contributed by atoms with Gasteiger partial charge in [0.25, 0.3) is 10.0 Å². The van der Waals surface area contributed by atoms with E-state index in [1.54, 1.807) is 13.0 Å². The van der Waals surface area contributed by atoms with Crippen LogP contribution in [0.1, 0.15) is 53.8 Å². The lowest BCUT2D eigenvalue weighted by Crippen LogP contribution is -2.25. The van der Waals surface area contributed by atoms with Crippen molar-refractivity contribution < 1.29 is 13.2 Å². The van der Waals surface area contributed by atoms with Crippen molar-refractivity contribution in [3.63, 3.8) is 0 Å². The highest BCUT2D eigenvalue weighted by molar-refractivity contribution is 8.00. The molecule has 0 saturated carbocycles. The van der Waals surface area contributed by atoms with Gasteiger partial charge in [0.05, 0.1) is 15.7 Å². The van der Waals surface area contributed by atoms with E-state index < -0.39 is 15.3 Å². The van der Waals surface area contributed by atoms with E-state index in [1.165, 1.54) is 47.8 Å². The number of amides is 1. The van der Waals surface area contributed by atoms with Crippen molar-refractivity contribution in [1.82, 2.24) is 15.0 Å². The zero-order chi connectivity index (χ0) is 29.7. The normalized spacial score (nSPS) is 15.2. The molecule has 42 heavy (non-hydrogen) atoms. The molecular weight excluding hydrogens is 569 g/mol. The second-order valence-corrected chi connectivity index (χ2v) is 12.9. The van der Waals surface area contributed by atoms with Crippen molar-refractivity contribution in [2.75, 3.05) is 10.0 Å². The molecule has 1 amide bonds. The molecule has 1 aliphatic carbocycles. The molecule has 5 rings (SSSR count). The number of fused-ring (bicyclic) bond motifs is 1. The second kappa shape index (κ2) is 12.7. The van der Waals surface area contributed by atoms with Gasteiger partial charge in [0.2, 0.25) is 11.9 Å². The highest BCUT2D eigenvalue weighted by Crippen LogP contribution is 2.36. The van der Waals surface area contributed by atoms with Gasteiger partial charge in [-0.3, -0.25) is 4.79 Å². The minimum Gasteiger partial charge on any atom is -0.325 e. The molecule has 0 radical (unpaired) electrons. The fourth-order valence-electron chi connectivity index (χ4n) is 4.90. The van der Waals surface area contributed by atoms with E-state index in [0.717, 1.165) is 30.5 Å². The van der Waals surface area contributed by atoms with Crippen LogP contribution in [0, 0.1) is 18.3 Å². The summed E-state index contributed by atoms with van der Waals surface area (Å²) in [6.45, 7) is 3.64. The standard InChI is InChI=1S/C31H30N6O3S2/c1-3-28(29(38)35-25-10-12-26(13-11-25)42(39,40)37-31-33-16-15-20(2)34-31)41-30-24(19-32)18-23-17-22(9-14-27(23)36-30)21-7-5-4-6-8-21/h4-8,10-13,15-16,18,22,28H,3,9,14,17H2,1-2H3,(H,35,38)(H,33,34,37). The lowest BCUT2D eigenvalue weighted by atomic mass is 9.82. The van der Waals surface area contributed by atoms with Gasteiger partial charge in [-0.1, -0.05) is 49.0 Å². The number of hydrogen-bond acceptors (Lipinski definition) is 8. The fourth-order valence-corrected chi connectivity index (χ4v) is 6.85. The van der Waals surface area contributed by atoms with Gasteiger partial charge in [-0.15, -0.1) is 0 Å². The molecule has 2 aromatic carbocycles. The molecule has 4 aromatic rings. The Labute approximate surface area is 249 Å². The van der Waals surface area contributed by atoms with Crippen LogP contribution in [-0.4, -0.2) is 34.5 Å². The Morgan fingerprint density at radius 1 is 1.12 bits per heavy atom. The molecule has 0 saturated heterocycles. The van der Waals surface area contributed by atoms with Gasteiger partial charge >= 0.3 is 0 Å². The van der Waals surface area contributed by atoms with Crippen LogP contribution >= 0.6 is 11.8 Å². The highest BCUT2D eigenvalue weighted by atomic mass is 32.2. The number of carbonyl (C=O) groups excluding carboxylic acids is 1. The zero-order valence-electron chi connectivity index (χ0n) is 23.2. The number of nitrogens with one attached hydrogen (secondary N) is 2. The minimum atomic E-state index is -3.90. The number of anilines is 2. The van der Waals surface area contributed by atoms with E-state index in [4.69, 9.17) is 4.98 Å². The highest BCUT2D eigenvalue weighted by Gasteiger charge is 2.26. The number of aryl methyl sites for hydroxylation is 2. The Morgan fingerprint density at radius 3 is 2.57 bits per heavy atom. The largest absolute Gasteiger partial charge is 0.325 e. The molecule has 2 aromatic heterocycles. The second-order valence-electron chi connectivity index (χ2n) is 10.1. The first-order valence-electron chi connectivity index (χ1n) is 13.6. The van der Waals surface area contributed by atoms with Crippen molar-refractivity contribution in [2.24, 2.45) is 0 Å². The SMILES string of the molecule is CCC(Sc1nc2c(cc1C#N)CC(c1ccccc1)CC2)C(=O)Nc1ccc(S(=O)(=O)Nc2nccc(C)n2)cc1. The summed E-state index contributed by atoms with van der Waals surface area (Å²) in [5.74, 6) is 0.128. The van der Waals surface area contributed by atoms with E-state index in [0.29, 0.717) is 34.3 Å². The van der Waals surface area contributed by atoms with Crippen LogP contribution < -0.4 is 10.0 Å². The number of sulfonamides is 1. The number of benzene rings is 2.